The van der Waals surface area contributed by atoms with Gasteiger partial charge < -0.3 is 4.57 Å². The zero-order valence-corrected chi connectivity index (χ0v) is 12.8. The van der Waals surface area contributed by atoms with Crippen LogP contribution < -0.4 is 0 Å². The zero-order valence-electron chi connectivity index (χ0n) is 11.3. The normalized spacial score (nSPS) is 15.3. The Morgan fingerprint density at radius 1 is 1.20 bits per heavy atom. The molecule has 1 aliphatic heterocycles. The molecular weight excluding hydrogens is 295 g/mol. The molecule has 1 aliphatic rings. The molecule has 0 N–H and O–H groups in total. The van der Waals surface area contributed by atoms with Crippen molar-refractivity contribution in [1.82, 2.24) is 19.7 Å². The number of hydrogen-bond donors (Lipinski definition) is 0. The van der Waals surface area contributed by atoms with E-state index in [4.69, 9.17) is 23.2 Å². The number of fused-ring (bicyclic) bond motifs is 1. The first-order valence-corrected chi connectivity index (χ1v) is 7.51. The van der Waals surface area contributed by atoms with Crippen LogP contribution in [-0.4, -0.2) is 26.2 Å². The van der Waals surface area contributed by atoms with E-state index in [-0.39, 0.29) is 0 Å². The highest BCUT2D eigenvalue weighted by atomic mass is 35.5. The summed E-state index contributed by atoms with van der Waals surface area (Å²) in [6, 6.07) is 5.77. The summed E-state index contributed by atoms with van der Waals surface area (Å²) in [5.41, 5.74) is 1.06. The fourth-order valence-electron chi connectivity index (χ4n) is 2.58. The summed E-state index contributed by atoms with van der Waals surface area (Å²) < 4.78 is 2.22. The van der Waals surface area contributed by atoms with E-state index in [1.807, 2.05) is 18.2 Å². The Morgan fingerprint density at radius 3 is 2.85 bits per heavy atom. The van der Waals surface area contributed by atoms with Gasteiger partial charge in [0.2, 0.25) is 0 Å². The molecule has 0 saturated carbocycles. The smallest absolute Gasteiger partial charge is 0.147 e. The van der Waals surface area contributed by atoms with Crippen molar-refractivity contribution in [2.45, 2.75) is 33.0 Å². The van der Waals surface area contributed by atoms with Gasteiger partial charge in [-0.05, 0) is 11.6 Å². The lowest BCUT2D eigenvalue weighted by molar-refractivity contribution is 0.207. The van der Waals surface area contributed by atoms with Gasteiger partial charge in [0.15, 0.2) is 0 Å². The van der Waals surface area contributed by atoms with E-state index in [1.165, 1.54) is 0 Å². The van der Waals surface area contributed by atoms with Crippen LogP contribution in [0, 0.1) is 0 Å². The minimum Gasteiger partial charge on any atom is -0.313 e. The van der Waals surface area contributed by atoms with Crippen LogP contribution in [0.2, 0.25) is 10.0 Å². The maximum atomic E-state index is 6.25. The lowest BCUT2D eigenvalue weighted by Gasteiger charge is -2.28. The summed E-state index contributed by atoms with van der Waals surface area (Å²) in [7, 11) is 0. The van der Waals surface area contributed by atoms with Crippen molar-refractivity contribution in [3.8, 4) is 0 Å². The van der Waals surface area contributed by atoms with Crippen molar-refractivity contribution in [2.24, 2.45) is 0 Å². The molecule has 2 aromatic rings. The number of hydrogen-bond acceptors (Lipinski definition) is 3. The number of aromatic nitrogens is 3. The molecule has 0 saturated heterocycles. The van der Waals surface area contributed by atoms with Crippen molar-refractivity contribution in [3.05, 3.63) is 45.5 Å². The minimum atomic E-state index is 0.609. The summed E-state index contributed by atoms with van der Waals surface area (Å²) in [6.45, 7) is 5.60. The van der Waals surface area contributed by atoms with Gasteiger partial charge in [-0.25, -0.2) is 0 Å². The number of aryl methyl sites for hydroxylation is 1. The van der Waals surface area contributed by atoms with Crippen molar-refractivity contribution in [3.63, 3.8) is 0 Å². The Morgan fingerprint density at radius 2 is 2.05 bits per heavy atom. The van der Waals surface area contributed by atoms with Crippen molar-refractivity contribution >= 4 is 23.2 Å². The first kappa shape index (κ1) is 13.9. The summed E-state index contributed by atoms with van der Waals surface area (Å²) >= 11 is 12.3. The van der Waals surface area contributed by atoms with Crippen LogP contribution in [0.1, 0.15) is 24.1 Å². The molecule has 0 aliphatic carbocycles. The van der Waals surface area contributed by atoms with E-state index in [9.17, 15) is 0 Å². The maximum Gasteiger partial charge on any atom is 0.147 e. The molecule has 3 rings (SSSR count). The van der Waals surface area contributed by atoms with Gasteiger partial charge in [0.25, 0.3) is 0 Å². The Bertz CT molecular complexity index is 624. The molecule has 6 heteroatoms. The summed E-state index contributed by atoms with van der Waals surface area (Å²) in [4.78, 5) is 2.32. The molecule has 0 radical (unpaired) electrons. The van der Waals surface area contributed by atoms with Crippen LogP contribution in [0.4, 0.5) is 0 Å². The van der Waals surface area contributed by atoms with Gasteiger partial charge in [0.05, 0.1) is 16.6 Å². The highest BCUT2D eigenvalue weighted by molar-refractivity contribution is 6.42. The van der Waals surface area contributed by atoms with Gasteiger partial charge in [-0.15, -0.1) is 10.2 Å². The van der Waals surface area contributed by atoms with Gasteiger partial charge in [-0.1, -0.05) is 42.3 Å². The standard InChI is InChI=1S/C14H16Cl2N4/c1-2-12-17-18-13-9-19(6-7-20(12)13)8-10-4-3-5-11(15)14(10)16/h3-5H,2,6-9H2,1H3. The Balaban J connectivity index is 1.76. The predicted molar refractivity (Wildman–Crippen MR) is 80.0 cm³/mol. The quantitative estimate of drug-likeness (QED) is 0.873. The molecule has 0 amide bonds. The van der Waals surface area contributed by atoms with Crippen LogP contribution in [0.15, 0.2) is 18.2 Å². The lowest BCUT2D eigenvalue weighted by Crippen LogP contribution is -2.34. The van der Waals surface area contributed by atoms with E-state index in [0.29, 0.717) is 10.0 Å². The third-order valence-electron chi connectivity index (χ3n) is 3.65. The van der Waals surface area contributed by atoms with Crippen LogP contribution in [0.25, 0.3) is 0 Å². The molecule has 1 aromatic carbocycles. The third kappa shape index (κ3) is 2.55. The maximum absolute atomic E-state index is 6.25. The third-order valence-corrected chi connectivity index (χ3v) is 4.51. The molecular formula is C14H16Cl2N4. The molecule has 0 bridgehead atoms. The van der Waals surface area contributed by atoms with E-state index in [1.54, 1.807) is 0 Å². The van der Waals surface area contributed by atoms with Crippen LogP contribution in [-0.2, 0) is 26.1 Å². The largest absolute Gasteiger partial charge is 0.313 e. The van der Waals surface area contributed by atoms with Gasteiger partial charge in [0.1, 0.15) is 11.6 Å². The first-order valence-electron chi connectivity index (χ1n) is 6.75. The topological polar surface area (TPSA) is 34.0 Å². The molecule has 1 aromatic heterocycles. The number of benzene rings is 1. The number of rotatable bonds is 3. The lowest BCUT2D eigenvalue weighted by atomic mass is 10.2. The second-order valence-electron chi connectivity index (χ2n) is 4.96. The molecule has 4 nitrogen and oxygen atoms in total. The SMILES string of the molecule is CCc1nnc2n1CCN(Cc1cccc(Cl)c1Cl)C2. The summed E-state index contributed by atoms with van der Waals surface area (Å²) in [5.74, 6) is 2.10. The minimum absolute atomic E-state index is 0.609. The molecule has 2 heterocycles. The molecule has 0 spiro atoms. The predicted octanol–water partition coefficient (Wildman–Crippen LogP) is 3.16. The second kappa shape index (κ2) is 5.72. The van der Waals surface area contributed by atoms with Gasteiger partial charge in [-0.2, -0.15) is 0 Å². The molecule has 0 unspecified atom stereocenters. The summed E-state index contributed by atoms with van der Waals surface area (Å²) in [6.07, 6.45) is 0.924. The van der Waals surface area contributed by atoms with E-state index >= 15 is 0 Å². The van der Waals surface area contributed by atoms with Crippen LogP contribution in [0.3, 0.4) is 0 Å². The number of nitrogens with zero attached hydrogens (tertiary/aromatic N) is 4. The average Bonchev–Trinajstić information content (AvgIpc) is 2.86. The molecule has 106 valence electrons. The van der Waals surface area contributed by atoms with Crippen LogP contribution >= 0.6 is 23.2 Å². The average molecular weight is 311 g/mol. The second-order valence-corrected chi connectivity index (χ2v) is 5.75. The van der Waals surface area contributed by atoms with E-state index in [2.05, 4.69) is 26.6 Å². The molecule has 0 atom stereocenters. The Kier molecular flexibility index (Phi) is 3.96. The van der Waals surface area contributed by atoms with Crippen molar-refractivity contribution < 1.29 is 0 Å². The fraction of sp³-hybridized carbons (Fsp3) is 0.429. The fourth-order valence-corrected chi connectivity index (χ4v) is 2.96. The van der Waals surface area contributed by atoms with E-state index in [0.717, 1.165) is 49.8 Å². The molecule has 20 heavy (non-hydrogen) atoms. The highest BCUT2D eigenvalue weighted by Gasteiger charge is 2.21. The molecule has 0 fully saturated rings. The zero-order chi connectivity index (χ0) is 14.1. The monoisotopic (exact) mass is 310 g/mol. The van der Waals surface area contributed by atoms with Crippen molar-refractivity contribution in [2.75, 3.05) is 6.54 Å². The van der Waals surface area contributed by atoms with Crippen LogP contribution in [0.5, 0.6) is 0 Å². The van der Waals surface area contributed by atoms with Crippen molar-refractivity contribution in [1.29, 1.82) is 0 Å². The number of halogens is 2. The summed E-state index contributed by atoms with van der Waals surface area (Å²) in [5, 5.41) is 9.76. The Labute approximate surface area is 128 Å². The van der Waals surface area contributed by atoms with E-state index < -0.39 is 0 Å². The van der Waals surface area contributed by atoms with Gasteiger partial charge in [-0.3, -0.25) is 4.90 Å². The highest BCUT2D eigenvalue weighted by Crippen LogP contribution is 2.27. The van der Waals surface area contributed by atoms with Gasteiger partial charge >= 0.3 is 0 Å². The van der Waals surface area contributed by atoms with Gasteiger partial charge in [0, 0.05) is 26.1 Å². The Hall–Kier alpha value is -1.10. The first-order chi connectivity index (χ1) is 9.69.